The smallest absolute Gasteiger partial charge is 0.164 e. The van der Waals surface area contributed by atoms with Crippen molar-refractivity contribution < 1.29 is 0 Å². The van der Waals surface area contributed by atoms with E-state index in [2.05, 4.69) is 5.69 Å². The van der Waals surface area contributed by atoms with Crippen LogP contribution in [-0.2, 0) is 0 Å². The van der Waals surface area contributed by atoms with Gasteiger partial charge in [-0.2, -0.15) is 5.26 Å². The molecule has 0 N–H and O–H groups in total. The van der Waals surface area contributed by atoms with Crippen LogP contribution in [0.1, 0.15) is 6.92 Å². The maximum absolute atomic E-state index is 8.21. The highest BCUT2D eigenvalue weighted by atomic mass is 28.3. The van der Waals surface area contributed by atoms with Gasteiger partial charge in [0.1, 0.15) is 0 Å². The molecule has 0 fully saturated rings. The van der Waals surface area contributed by atoms with Crippen LogP contribution in [0, 0.1) is 22.3 Å². The zero-order valence-corrected chi connectivity index (χ0v) is 7.39. The minimum Gasteiger partial charge on any atom is -0.207 e. The van der Waals surface area contributed by atoms with Crippen molar-refractivity contribution in [2.24, 2.45) is 0 Å². The van der Waals surface area contributed by atoms with Gasteiger partial charge >= 0.3 is 0 Å². The first kappa shape index (κ1) is 11.1. The van der Waals surface area contributed by atoms with E-state index in [1.807, 2.05) is 19.6 Å². The fourth-order valence-electron chi connectivity index (χ4n) is 0. The Morgan fingerprint density at radius 3 is 1.22 bits per heavy atom. The number of hydrogen-bond acceptors (Lipinski definition) is 2. The van der Waals surface area contributed by atoms with Crippen molar-refractivity contribution in [1.82, 2.24) is 0 Å². The lowest BCUT2D eigenvalue weighted by atomic mass is 11.0. The first-order valence-electron chi connectivity index (χ1n) is 2.70. The van der Waals surface area contributed by atoms with E-state index in [0.717, 1.165) is 0 Å². The summed E-state index contributed by atoms with van der Waals surface area (Å²) in [6.45, 7) is 7.49. The third-order valence-electron chi connectivity index (χ3n) is 0.335. The predicted octanol–water partition coefficient (Wildman–Crippen LogP) is 1.92. The summed E-state index contributed by atoms with van der Waals surface area (Å²) < 4.78 is 0. The third kappa shape index (κ3) is 40.3. The molecule has 0 aromatic rings. The van der Waals surface area contributed by atoms with Crippen LogP contribution < -0.4 is 0 Å². The SMILES string of the molecule is CC#N.C[Si](C)(C)C#N. The lowest BCUT2D eigenvalue weighted by Crippen LogP contribution is -2.15. The average Bonchev–Trinajstić information content (AvgIpc) is 1.67. The van der Waals surface area contributed by atoms with Gasteiger partial charge in [0, 0.05) is 12.6 Å². The molecule has 0 atom stereocenters. The van der Waals surface area contributed by atoms with Crippen molar-refractivity contribution in [3.05, 3.63) is 0 Å². The maximum atomic E-state index is 8.21. The second-order valence-electron chi connectivity index (χ2n) is 2.59. The van der Waals surface area contributed by atoms with Gasteiger partial charge in [-0.3, -0.25) is 0 Å². The van der Waals surface area contributed by atoms with Gasteiger partial charge in [0.05, 0.1) is 6.07 Å². The molecule has 0 aliphatic carbocycles. The van der Waals surface area contributed by atoms with E-state index < -0.39 is 8.07 Å². The van der Waals surface area contributed by atoms with Gasteiger partial charge in [0.15, 0.2) is 8.07 Å². The quantitative estimate of drug-likeness (QED) is 0.482. The molecule has 0 aromatic carbocycles. The second kappa shape index (κ2) is 5.34. The Kier molecular flexibility index (Phi) is 6.55. The molecule has 0 aliphatic heterocycles. The molecule has 0 unspecified atom stereocenters. The van der Waals surface area contributed by atoms with Crippen LogP contribution in [0.25, 0.3) is 0 Å². The number of nitriles is 2. The molecule has 0 spiro atoms. The molecule has 0 aliphatic rings. The fraction of sp³-hybridized carbons (Fsp3) is 0.667. The molecule has 0 bridgehead atoms. The van der Waals surface area contributed by atoms with Gasteiger partial charge in [-0.1, -0.05) is 19.6 Å². The zero-order valence-electron chi connectivity index (χ0n) is 6.39. The molecule has 0 aromatic heterocycles. The van der Waals surface area contributed by atoms with Crippen LogP contribution in [0.4, 0.5) is 0 Å². The second-order valence-corrected chi connectivity index (χ2v) is 7.31. The summed E-state index contributed by atoms with van der Waals surface area (Å²) in [5, 5.41) is 15.5. The van der Waals surface area contributed by atoms with Crippen LogP contribution in [0.15, 0.2) is 0 Å². The molecule has 3 heteroatoms. The minimum atomic E-state index is -1.33. The van der Waals surface area contributed by atoms with Crippen molar-refractivity contribution in [3.63, 3.8) is 0 Å². The van der Waals surface area contributed by atoms with Crippen molar-refractivity contribution in [2.45, 2.75) is 26.6 Å². The Bertz CT molecular complexity index is 133. The van der Waals surface area contributed by atoms with E-state index in [4.69, 9.17) is 10.5 Å². The molecule has 9 heavy (non-hydrogen) atoms. The topological polar surface area (TPSA) is 47.6 Å². The first-order valence-corrected chi connectivity index (χ1v) is 6.20. The minimum absolute atomic E-state index is 1.33. The van der Waals surface area contributed by atoms with Crippen LogP contribution in [-0.4, -0.2) is 8.07 Å². The van der Waals surface area contributed by atoms with Crippen LogP contribution in [0.5, 0.6) is 0 Å². The Balaban J connectivity index is 0. The van der Waals surface area contributed by atoms with E-state index in [9.17, 15) is 0 Å². The average molecular weight is 140 g/mol. The van der Waals surface area contributed by atoms with Crippen molar-refractivity contribution in [2.75, 3.05) is 0 Å². The van der Waals surface area contributed by atoms with Gasteiger partial charge in [-0.25, -0.2) is 5.26 Å². The van der Waals surface area contributed by atoms with Gasteiger partial charge in [0.25, 0.3) is 0 Å². The Labute approximate surface area is 57.7 Å². The van der Waals surface area contributed by atoms with Crippen molar-refractivity contribution >= 4 is 8.07 Å². The predicted molar refractivity (Wildman–Crippen MR) is 40.2 cm³/mol. The standard InChI is InChI=1S/C4H9NSi.C2H3N/c1-6(2,3)4-5;1-2-3/h1-3H3;1H3. The Hall–Kier alpha value is -0.803. The lowest BCUT2D eigenvalue weighted by Gasteiger charge is -1.96. The van der Waals surface area contributed by atoms with Gasteiger partial charge in [-0.15, -0.1) is 0 Å². The molecular formula is C6H12N2Si. The number of rotatable bonds is 0. The Morgan fingerprint density at radius 1 is 1.11 bits per heavy atom. The van der Waals surface area contributed by atoms with Crippen molar-refractivity contribution in [1.29, 1.82) is 10.5 Å². The summed E-state index contributed by atoms with van der Waals surface area (Å²) in [5.41, 5.74) is 2.24. The van der Waals surface area contributed by atoms with E-state index >= 15 is 0 Å². The fourth-order valence-corrected chi connectivity index (χ4v) is 0. The molecule has 0 amide bonds. The highest BCUT2D eigenvalue weighted by Gasteiger charge is 2.09. The highest BCUT2D eigenvalue weighted by Crippen LogP contribution is 1.94. The normalized spacial score (nSPS) is 7.78. The molecule has 0 saturated carbocycles. The molecule has 50 valence electrons. The summed E-state index contributed by atoms with van der Waals surface area (Å²) in [6.07, 6.45) is 0. The summed E-state index contributed by atoms with van der Waals surface area (Å²) in [4.78, 5) is 0. The monoisotopic (exact) mass is 140 g/mol. The highest BCUT2D eigenvalue weighted by molar-refractivity contribution is 6.83. The first-order chi connectivity index (χ1) is 3.97. The number of hydrogen-bond donors (Lipinski definition) is 0. The molecule has 0 heterocycles. The van der Waals surface area contributed by atoms with E-state index in [0.29, 0.717) is 0 Å². The zero-order chi connectivity index (χ0) is 7.91. The third-order valence-corrected chi connectivity index (χ3v) is 1.01. The molecule has 0 radical (unpaired) electrons. The molecule has 2 nitrogen and oxygen atoms in total. The molecule has 0 rings (SSSR count). The van der Waals surface area contributed by atoms with Crippen LogP contribution in [0.2, 0.25) is 19.6 Å². The summed E-state index contributed by atoms with van der Waals surface area (Å²) in [7, 11) is -1.33. The maximum Gasteiger partial charge on any atom is 0.164 e. The van der Waals surface area contributed by atoms with E-state index in [-0.39, 0.29) is 0 Å². The van der Waals surface area contributed by atoms with Crippen molar-refractivity contribution in [3.8, 4) is 11.8 Å². The van der Waals surface area contributed by atoms with E-state index in [1.54, 1.807) is 6.07 Å². The lowest BCUT2D eigenvalue weighted by molar-refractivity contribution is 1.49. The van der Waals surface area contributed by atoms with Gasteiger partial charge < -0.3 is 0 Å². The summed E-state index contributed by atoms with van der Waals surface area (Å²) in [6, 6.07) is 1.75. The van der Waals surface area contributed by atoms with Gasteiger partial charge in [0.2, 0.25) is 0 Å². The number of nitrogens with zero attached hydrogens (tertiary/aromatic N) is 2. The molecular weight excluding hydrogens is 128 g/mol. The summed E-state index contributed by atoms with van der Waals surface area (Å²) >= 11 is 0. The largest absolute Gasteiger partial charge is 0.207 e. The van der Waals surface area contributed by atoms with Crippen LogP contribution >= 0.6 is 0 Å². The summed E-state index contributed by atoms with van der Waals surface area (Å²) in [5.74, 6) is 0. The molecule has 0 saturated heterocycles. The van der Waals surface area contributed by atoms with Crippen LogP contribution in [0.3, 0.4) is 0 Å². The van der Waals surface area contributed by atoms with E-state index in [1.165, 1.54) is 6.92 Å². The Morgan fingerprint density at radius 2 is 1.22 bits per heavy atom. The van der Waals surface area contributed by atoms with Gasteiger partial charge in [-0.05, 0) is 0 Å².